The standard InChI is InChI=1S/C13H15N3OS/c1-2-6-14-12-11(4-3-7-15-12)13(17)16-10-5-8-18-9-10/h3-5,7-9H,2,6H2,1H3,(H,14,15)(H,16,17). The number of nitrogens with one attached hydrogen (secondary N) is 2. The van der Waals surface area contributed by atoms with E-state index in [-0.39, 0.29) is 5.91 Å². The minimum absolute atomic E-state index is 0.139. The highest BCUT2D eigenvalue weighted by Crippen LogP contribution is 2.16. The van der Waals surface area contributed by atoms with Crippen LogP contribution in [0.1, 0.15) is 23.7 Å². The molecular weight excluding hydrogens is 246 g/mol. The maximum atomic E-state index is 12.1. The van der Waals surface area contributed by atoms with Crippen LogP contribution in [0.5, 0.6) is 0 Å². The van der Waals surface area contributed by atoms with Gasteiger partial charge in [-0.2, -0.15) is 11.3 Å². The van der Waals surface area contributed by atoms with Crippen LogP contribution in [0.3, 0.4) is 0 Å². The summed E-state index contributed by atoms with van der Waals surface area (Å²) in [5.74, 6) is 0.493. The molecule has 0 fully saturated rings. The number of pyridine rings is 1. The van der Waals surface area contributed by atoms with Gasteiger partial charge in [-0.1, -0.05) is 6.92 Å². The van der Waals surface area contributed by atoms with Crippen molar-refractivity contribution in [2.75, 3.05) is 17.2 Å². The summed E-state index contributed by atoms with van der Waals surface area (Å²) in [6, 6.07) is 5.41. The number of carbonyl (C=O) groups is 1. The summed E-state index contributed by atoms with van der Waals surface area (Å²) in [6.45, 7) is 2.87. The molecule has 0 bridgehead atoms. The van der Waals surface area contributed by atoms with Crippen molar-refractivity contribution in [1.29, 1.82) is 0 Å². The molecule has 0 aliphatic heterocycles. The van der Waals surface area contributed by atoms with Crippen LogP contribution >= 0.6 is 11.3 Å². The molecule has 0 unspecified atom stereocenters. The molecule has 4 nitrogen and oxygen atoms in total. The number of thiophene rings is 1. The molecule has 2 N–H and O–H groups in total. The molecule has 18 heavy (non-hydrogen) atoms. The highest BCUT2D eigenvalue weighted by Gasteiger charge is 2.11. The Morgan fingerprint density at radius 3 is 3.06 bits per heavy atom. The van der Waals surface area contributed by atoms with Gasteiger partial charge in [-0.15, -0.1) is 0 Å². The van der Waals surface area contributed by atoms with E-state index < -0.39 is 0 Å². The minimum atomic E-state index is -0.139. The Balaban J connectivity index is 2.13. The van der Waals surface area contributed by atoms with Gasteiger partial charge < -0.3 is 10.6 Å². The molecule has 2 heterocycles. The van der Waals surface area contributed by atoms with Gasteiger partial charge in [0.25, 0.3) is 5.91 Å². The van der Waals surface area contributed by atoms with Gasteiger partial charge in [0.15, 0.2) is 0 Å². The molecular formula is C13H15N3OS. The van der Waals surface area contributed by atoms with E-state index in [4.69, 9.17) is 0 Å². The van der Waals surface area contributed by atoms with Crippen molar-refractivity contribution in [2.45, 2.75) is 13.3 Å². The predicted octanol–water partition coefficient (Wildman–Crippen LogP) is 3.22. The van der Waals surface area contributed by atoms with E-state index in [0.29, 0.717) is 11.4 Å². The van der Waals surface area contributed by atoms with Crippen LogP contribution in [-0.2, 0) is 0 Å². The first-order valence-corrected chi connectivity index (χ1v) is 6.78. The van der Waals surface area contributed by atoms with E-state index in [1.807, 2.05) is 16.8 Å². The first kappa shape index (κ1) is 12.6. The molecule has 0 aliphatic rings. The van der Waals surface area contributed by atoms with Crippen LogP contribution < -0.4 is 10.6 Å². The highest BCUT2D eigenvalue weighted by molar-refractivity contribution is 7.08. The number of hydrogen-bond acceptors (Lipinski definition) is 4. The first-order valence-electron chi connectivity index (χ1n) is 5.83. The van der Waals surface area contributed by atoms with Crippen molar-refractivity contribution < 1.29 is 4.79 Å². The van der Waals surface area contributed by atoms with Gasteiger partial charge in [0.05, 0.1) is 11.3 Å². The van der Waals surface area contributed by atoms with Gasteiger partial charge in [0, 0.05) is 18.1 Å². The third kappa shape index (κ3) is 3.07. The number of amides is 1. The first-order chi connectivity index (χ1) is 8.81. The smallest absolute Gasteiger partial charge is 0.259 e. The summed E-state index contributed by atoms with van der Waals surface area (Å²) < 4.78 is 0. The Kier molecular flexibility index (Phi) is 4.30. The van der Waals surface area contributed by atoms with Crippen LogP contribution in [0.2, 0.25) is 0 Å². The second kappa shape index (κ2) is 6.16. The fourth-order valence-electron chi connectivity index (χ4n) is 1.51. The van der Waals surface area contributed by atoms with Crippen molar-refractivity contribution in [2.24, 2.45) is 0 Å². The van der Waals surface area contributed by atoms with E-state index in [1.165, 1.54) is 0 Å². The van der Waals surface area contributed by atoms with Crippen LogP contribution in [0, 0.1) is 0 Å². The summed E-state index contributed by atoms with van der Waals surface area (Å²) in [5.41, 5.74) is 1.38. The fraction of sp³-hybridized carbons (Fsp3) is 0.231. The molecule has 2 aromatic rings. The van der Waals surface area contributed by atoms with E-state index in [0.717, 1.165) is 18.7 Å². The Morgan fingerprint density at radius 2 is 2.33 bits per heavy atom. The Morgan fingerprint density at radius 1 is 1.44 bits per heavy atom. The van der Waals surface area contributed by atoms with Gasteiger partial charge in [0.1, 0.15) is 5.82 Å². The van der Waals surface area contributed by atoms with Crippen LogP contribution in [0.4, 0.5) is 11.5 Å². The van der Waals surface area contributed by atoms with Crippen molar-refractivity contribution >= 4 is 28.7 Å². The number of rotatable bonds is 5. The molecule has 0 radical (unpaired) electrons. The van der Waals surface area contributed by atoms with Gasteiger partial charge in [0.2, 0.25) is 0 Å². The highest BCUT2D eigenvalue weighted by atomic mass is 32.1. The average molecular weight is 261 g/mol. The van der Waals surface area contributed by atoms with Crippen molar-refractivity contribution in [3.8, 4) is 0 Å². The number of anilines is 2. The topological polar surface area (TPSA) is 54.0 Å². The lowest BCUT2D eigenvalue weighted by molar-refractivity contribution is 0.102. The molecule has 2 rings (SSSR count). The van der Waals surface area contributed by atoms with Crippen molar-refractivity contribution in [3.63, 3.8) is 0 Å². The summed E-state index contributed by atoms with van der Waals surface area (Å²) in [5, 5.41) is 9.82. The molecule has 0 aromatic carbocycles. The molecule has 94 valence electrons. The third-order valence-corrected chi connectivity index (χ3v) is 3.06. The largest absolute Gasteiger partial charge is 0.369 e. The lowest BCUT2D eigenvalue weighted by Gasteiger charge is -2.09. The van der Waals surface area contributed by atoms with Gasteiger partial charge in [-0.25, -0.2) is 4.98 Å². The zero-order valence-electron chi connectivity index (χ0n) is 10.1. The van der Waals surface area contributed by atoms with E-state index in [1.54, 1.807) is 29.7 Å². The van der Waals surface area contributed by atoms with Crippen molar-refractivity contribution in [3.05, 3.63) is 40.7 Å². The van der Waals surface area contributed by atoms with Crippen LogP contribution in [0.25, 0.3) is 0 Å². The molecule has 0 atom stereocenters. The summed E-state index contributed by atoms with van der Waals surface area (Å²) >= 11 is 1.55. The quantitative estimate of drug-likeness (QED) is 0.869. The number of aromatic nitrogens is 1. The van der Waals surface area contributed by atoms with Crippen LogP contribution in [-0.4, -0.2) is 17.4 Å². The fourth-order valence-corrected chi connectivity index (χ4v) is 2.09. The number of carbonyl (C=O) groups excluding carboxylic acids is 1. The maximum Gasteiger partial charge on any atom is 0.259 e. The zero-order chi connectivity index (χ0) is 12.8. The zero-order valence-corrected chi connectivity index (χ0v) is 11.0. The lowest BCUT2D eigenvalue weighted by atomic mass is 10.2. The summed E-state index contributed by atoms with van der Waals surface area (Å²) in [6.07, 6.45) is 2.67. The number of nitrogens with zero attached hydrogens (tertiary/aromatic N) is 1. The second-order valence-corrected chi connectivity index (χ2v) is 4.57. The Hall–Kier alpha value is -1.88. The minimum Gasteiger partial charge on any atom is -0.369 e. The monoisotopic (exact) mass is 261 g/mol. The van der Waals surface area contributed by atoms with Crippen molar-refractivity contribution in [1.82, 2.24) is 4.98 Å². The third-order valence-electron chi connectivity index (χ3n) is 2.37. The molecule has 0 spiro atoms. The molecule has 0 aliphatic carbocycles. The summed E-state index contributed by atoms with van der Waals surface area (Å²) in [4.78, 5) is 16.3. The predicted molar refractivity (Wildman–Crippen MR) is 75.3 cm³/mol. The molecule has 5 heteroatoms. The van der Waals surface area contributed by atoms with E-state index in [9.17, 15) is 4.79 Å². The Bertz CT molecular complexity index is 511. The average Bonchev–Trinajstić information content (AvgIpc) is 2.89. The van der Waals surface area contributed by atoms with Gasteiger partial charge in [-0.3, -0.25) is 4.79 Å². The van der Waals surface area contributed by atoms with Crippen LogP contribution in [0.15, 0.2) is 35.2 Å². The molecule has 1 amide bonds. The van der Waals surface area contributed by atoms with E-state index >= 15 is 0 Å². The molecule has 2 aromatic heterocycles. The normalized spacial score (nSPS) is 10.1. The Labute approximate surface area is 110 Å². The lowest BCUT2D eigenvalue weighted by Crippen LogP contribution is -2.15. The molecule has 0 saturated carbocycles. The van der Waals surface area contributed by atoms with Gasteiger partial charge in [-0.05, 0) is 30.0 Å². The SMILES string of the molecule is CCCNc1ncccc1C(=O)Nc1ccsc1. The van der Waals surface area contributed by atoms with Gasteiger partial charge >= 0.3 is 0 Å². The second-order valence-electron chi connectivity index (χ2n) is 3.79. The number of hydrogen-bond donors (Lipinski definition) is 2. The van der Waals surface area contributed by atoms with E-state index in [2.05, 4.69) is 22.5 Å². The maximum absolute atomic E-state index is 12.1. The molecule has 0 saturated heterocycles. The summed E-state index contributed by atoms with van der Waals surface area (Å²) in [7, 11) is 0.